The molecular weight excluding hydrogens is 330 g/mol. The van der Waals surface area contributed by atoms with Crippen LogP contribution in [0.1, 0.15) is 25.3 Å². The van der Waals surface area contributed by atoms with Gasteiger partial charge in [0.1, 0.15) is 0 Å². The van der Waals surface area contributed by atoms with Gasteiger partial charge in [-0.25, -0.2) is 13.1 Å². The highest BCUT2D eigenvalue weighted by atomic mass is 35.5. The molecule has 1 aliphatic rings. The Hall–Kier alpha value is -1.22. The third-order valence-electron chi connectivity index (χ3n) is 3.61. The SMILES string of the molecule is CCc1ccc([N+](=O)[O-])cc1S(=O)(=O)NCC1CCCN1.Cl. The number of non-ortho nitro benzene ring substituents is 1. The van der Waals surface area contributed by atoms with Crippen LogP contribution in [-0.4, -0.2) is 32.5 Å². The molecule has 1 unspecified atom stereocenters. The molecule has 0 aliphatic carbocycles. The average molecular weight is 350 g/mol. The molecule has 0 amide bonds. The van der Waals surface area contributed by atoms with Gasteiger partial charge in [0.25, 0.3) is 5.69 Å². The quantitative estimate of drug-likeness (QED) is 0.600. The second-order valence-corrected chi connectivity index (χ2v) is 6.78. The van der Waals surface area contributed by atoms with Crippen LogP contribution in [0.15, 0.2) is 23.1 Å². The lowest BCUT2D eigenvalue weighted by atomic mass is 10.1. The third kappa shape index (κ3) is 4.39. The first kappa shape index (κ1) is 18.8. The van der Waals surface area contributed by atoms with E-state index in [1.54, 1.807) is 0 Å². The van der Waals surface area contributed by atoms with Gasteiger partial charge in [-0.3, -0.25) is 10.1 Å². The van der Waals surface area contributed by atoms with Gasteiger partial charge in [-0.2, -0.15) is 0 Å². The number of nitrogens with one attached hydrogen (secondary N) is 2. The van der Waals surface area contributed by atoms with E-state index in [2.05, 4.69) is 10.0 Å². The van der Waals surface area contributed by atoms with Gasteiger partial charge in [0.05, 0.1) is 9.82 Å². The molecule has 9 heteroatoms. The van der Waals surface area contributed by atoms with Gasteiger partial charge in [-0.05, 0) is 31.4 Å². The highest BCUT2D eigenvalue weighted by Crippen LogP contribution is 2.22. The normalized spacial score (nSPS) is 18.0. The number of nitro groups is 1. The summed E-state index contributed by atoms with van der Waals surface area (Å²) in [6.45, 7) is 3.01. The number of hydrogen-bond acceptors (Lipinski definition) is 5. The maximum Gasteiger partial charge on any atom is 0.270 e. The zero-order chi connectivity index (χ0) is 15.5. The molecule has 1 saturated heterocycles. The van der Waals surface area contributed by atoms with Gasteiger partial charge < -0.3 is 5.32 Å². The van der Waals surface area contributed by atoms with Gasteiger partial charge in [-0.1, -0.05) is 13.0 Å². The molecule has 7 nitrogen and oxygen atoms in total. The predicted octanol–water partition coefficient (Wildman–Crippen LogP) is 1.61. The average Bonchev–Trinajstić information content (AvgIpc) is 2.98. The Morgan fingerprint density at radius 3 is 2.73 bits per heavy atom. The van der Waals surface area contributed by atoms with Gasteiger partial charge in [0.15, 0.2) is 0 Å². The number of halogens is 1. The van der Waals surface area contributed by atoms with Crippen molar-refractivity contribution in [1.82, 2.24) is 10.0 Å². The molecule has 1 atom stereocenters. The first-order valence-corrected chi connectivity index (χ1v) is 8.42. The Morgan fingerprint density at radius 1 is 1.45 bits per heavy atom. The fourth-order valence-corrected chi connectivity index (χ4v) is 3.83. The minimum atomic E-state index is -3.74. The zero-order valence-corrected chi connectivity index (χ0v) is 13.9. The van der Waals surface area contributed by atoms with Crippen molar-refractivity contribution >= 4 is 28.1 Å². The van der Waals surface area contributed by atoms with Crippen molar-refractivity contribution in [1.29, 1.82) is 0 Å². The molecule has 2 N–H and O–H groups in total. The summed E-state index contributed by atoms with van der Waals surface area (Å²) >= 11 is 0. The lowest BCUT2D eigenvalue weighted by Gasteiger charge is -2.14. The second kappa shape index (κ2) is 7.87. The smallest absolute Gasteiger partial charge is 0.270 e. The van der Waals surface area contributed by atoms with Gasteiger partial charge in [-0.15, -0.1) is 12.4 Å². The summed E-state index contributed by atoms with van der Waals surface area (Å²) in [5, 5.41) is 14.0. The number of nitrogens with zero attached hydrogens (tertiary/aromatic N) is 1. The van der Waals surface area contributed by atoms with Crippen LogP contribution in [0.4, 0.5) is 5.69 Å². The molecule has 124 valence electrons. The molecule has 0 saturated carbocycles. The van der Waals surface area contributed by atoms with E-state index in [0.29, 0.717) is 18.5 Å². The number of benzene rings is 1. The Kier molecular flexibility index (Phi) is 6.73. The van der Waals surface area contributed by atoms with Crippen LogP contribution in [0.5, 0.6) is 0 Å². The lowest BCUT2D eigenvalue weighted by Crippen LogP contribution is -2.37. The largest absolute Gasteiger partial charge is 0.313 e. The van der Waals surface area contributed by atoms with Crippen LogP contribution in [0.2, 0.25) is 0 Å². The Morgan fingerprint density at radius 2 is 2.18 bits per heavy atom. The number of hydrogen-bond donors (Lipinski definition) is 2. The van der Waals surface area contributed by atoms with Crippen LogP contribution in [-0.2, 0) is 16.4 Å². The summed E-state index contributed by atoms with van der Waals surface area (Å²) in [6, 6.07) is 4.09. The molecule has 1 aromatic carbocycles. The van der Waals surface area contributed by atoms with Crippen LogP contribution in [0, 0.1) is 10.1 Å². The van der Waals surface area contributed by atoms with E-state index in [1.807, 2.05) is 6.92 Å². The Labute approximate surface area is 136 Å². The van der Waals surface area contributed by atoms with Crippen LogP contribution in [0.3, 0.4) is 0 Å². The molecule has 1 aromatic rings. The fraction of sp³-hybridized carbons (Fsp3) is 0.538. The topological polar surface area (TPSA) is 101 Å². The molecule has 0 bridgehead atoms. The molecule has 1 heterocycles. The van der Waals surface area contributed by atoms with Gasteiger partial charge in [0.2, 0.25) is 10.0 Å². The highest BCUT2D eigenvalue weighted by molar-refractivity contribution is 7.89. The number of sulfonamides is 1. The van der Waals surface area contributed by atoms with E-state index in [9.17, 15) is 18.5 Å². The summed E-state index contributed by atoms with van der Waals surface area (Å²) in [5.41, 5.74) is 0.360. The maximum atomic E-state index is 12.4. The number of nitro benzene ring substituents is 1. The molecular formula is C13H20ClN3O4S. The molecule has 1 aliphatic heterocycles. The van der Waals surface area contributed by atoms with E-state index in [-0.39, 0.29) is 29.0 Å². The third-order valence-corrected chi connectivity index (χ3v) is 5.12. The van der Waals surface area contributed by atoms with Crippen molar-refractivity contribution in [2.75, 3.05) is 13.1 Å². The molecule has 0 radical (unpaired) electrons. The van der Waals surface area contributed by atoms with Crippen molar-refractivity contribution in [2.24, 2.45) is 0 Å². The molecule has 0 aromatic heterocycles. The van der Waals surface area contributed by atoms with E-state index >= 15 is 0 Å². The van der Waals surface area contributed by atoms with Gasteiger partial charge >= 0.3 is 0 Å². The van der Waals surface area contributed by atoms with E-state index in [0.717, 1.165) is 25.5 Å². The van der Waals surface area contributed by atoms with Crippen molar-refractivity contribution in [3.8, 4) is 0 Å². The predicted molar refractivity (Wildman–Crippen MR) is 85.9 cm³/mol. The van der Waals surface area contributed by atoms with Crippen LogP contribution >= 0.6 is 12.4 Å². The summed E-state index contributed by atoms with van der Waals surface area (Å²) < 4.78 is 27.3. The maximum absolute atomic E-state index is 12.4. The molecule has 22 heavy (non-hydrogen) atoms. The Balaban J connectivity index is 0.00000242. The first-order chi connectivity index (χ1) is 9.94. The monoisotopic (exact) mass is 349 g/mol. The molecule has 2 rings (SSSR count). The van der Waals surface area contributed by atoms with E-state index in [4.69, 9.17) is 0 Å². The van der Waals surface area contributed by atoms with E-state index in [1.165, 1.54) is 12.1 Å². The minimum absolute atomic E-state index is 0. The first-order valence-electron chi connectivity index (χ1n) is 6.94. The fourth-order valence-electron chi connectivity index (χ4n) is 2.42. The van der Waals surface area contributed by atoms with Crippen molar-refractivity contribution in [3.63, 3.8) is 0 Å². The lowest BCUT2D eigenvalue weighted by molar-refractivity contribution is -0.385. The van der Waals surface area contributed by atoms with E-state index < -0.39 is 14.9 Å². The van der Waals surface area contributed by atoms with Crippen LogP contribution < -0.4 is 10.0 Å². The van der Waals surface area contributed by atoms with Crippen molar-refractivity contribution in [2.45, 2.75) is 37.1 Å². The zero-order valence-electron chi connectivity index (χ0n) is 12.2. The number of rotatable bonds is 6. The minimum Gasteiger partial charge on any atom is -0.313 e. The summed E-state index contributed by atoms with van der Waals surface area (Å²) in [5.74, 6) is 0. The standard InChI is InChI=1S/C13H19N3O4S.ClH/c1-2-10-5-6-12(16(17)18)8-13(10)21(19,20)15-9-11-4-3-7-14-11;/h5-6,8,11,14-15H,2-4,7,9H2,1H3;1H. The van der Waals surface area contributed by atoms with Crippen LogP contribution in [0.25, 0.3) is 0 Å². The molecule has 0 spiro atoms. The van der Waals surface area contributed by atoms with Gasteiger partial charge in [0, 0.05) is 24.7 Å². The summed E-state index contributed by atoms with van der Waals surface area (Å²) in [4.78, 5) is 10.2. The number of aryl methyl sites for hydroxylation is 1. The van der Waals surface area contributed by atoms with Crippen molar-refractivity contribution in [3.05, 3.63) is 33.9 Å². The second-order valence-electron chi connectivity index (χ2n) is 5.05. The summed E-state index contributed by atoms with van der Waals surface area (Å²) in [6.07, 6.45) is 2.46. The summed E-state index contributed by atoms with van der Waals surface area (Å²) in [7, 11) is -3.74. The van der Waals surface area contributed by atoms with Crippen molar-refractivity contribution < 1.29 is 13.3 Å². The Bertz CT molecular complexity index is 630. The molecule has 1 fully saturated rings. The highest BCUT2D eigenvalue weighted by Gasteiger charge is 2.23.